The Labute approximate surface area is 174 Å². The average Bonchev–Trinajstić information content (AvgIpc) is 2.67. The highest BCUT2D eigenvalue weighted by atomic mass is 16.6. The van der Waals surface area contributed by atoms with Crippen LogP contribution < -0.4 is 20.7 Å². The Kier molecular flexibility index (Phi) is 6.31. The van der Waals surface area contributed by atoms with E-state index in [1.807, 2.05) is 39.0 Å². The highest BCUT2D eigenvalue weighted by Gasteiger charge is 2.16. The number of nitrogens with zero attached hydrogens (tertiary/aromatic N) is 3. The fourth-order valence-corrected chi connectivity index (χ4v) is 2.44. The van der Waals surface area contributed by atoms with E-state index < -0.39 is 11.7 Å². The van der Waals surface area contributed by atoms with E-state index in [0.29, 0.717) is 23.3 Å². The molecule has 0 spiro atoms. The lowest BCUT2D eigenvalue weighted by molar-refractivity contribution is 0.0636. The molecule has 0 fully saturated rings. The molecular weight excluding hydrogens is 384 g/mol. The largest absolute Gasteiger partial charge is 0.481 e. The minimum atomic E-state index is -0.566. The van der Waals surface area contributed by atoms with Crippen LogP contribution in [0, 0.1) is 0 Å². The van der Waals surface area contributed by atoms with Crippen LogP contribution in [0.15, 0.2) is 54.9 Å². The van der Waals surface area contributed by atoms with E-state index in [-0.39, 0.29) is 0 Å². The van der Waals surface area contributed by atoms with Crippen LogP contribution in [-0.4, -0.2) is 33.8 Å². The van der Waals surface area contributed by atoms with Gasteiger partial charge in [-0.3, -0.25) is 5.32 Å². The Bertz CT molecular complexity index is 1000. The number of amides is 1. The molecule has 156 valence electrons. The molecule has 30 heavy (non-hydrogen) atoms. The molecule has 3 rings (SSSR count). The number of anilines is 5. The Morgan fingerprint density at radius 1 is 0.967 bits per heavy atom. The highest BCUT2D eigenvalue weighted by Crippen LogP contribution is 2.21. The smallest absolute Gasteiger partial charge is 0.412 e. The second kappa shape index (κ2) is 9.08. The molecule has 0 unspecified atom stereocenters. The third-order valence-electron chi connectivity index (χ3n) is 3.64. The van der Waals surface area contributed by atoms with Crippen LogP contribution in [0.5, 0.6) is 5.88 Å². The Hall–Kier alpha value is -3.88. The molecule has 3 N–H and O–H groups in total. The van der Waals surface area contributed by atoms with E-state index in [0.717, 1.165) is 11.4 Å². The van der Waals surface area contributed by atoms with Crippen molar-refractivity contribution in [3.8, 4) is 5.88 Å². The average molecular weight is 408 g/mol. The number of hydrogen-bond donors (Lipinski definition) is 3. The van der Waals surface area contributed by atoms with Crippen LogP contribution in [0.2, 0.25) is 0 Å². The van der Waals surface area contributed by atoms with Crippen molar-refractivity contribution in [1.82, 2.24) is 15.0 Å². The van der Waals surface area contributed by atoms with E-state index in [4.69, 9.17) is 9.47 Å². The first-order valence-corrected chi connectivity index (χ1v) is 9.28. The lowest BCUT2D eigenvalue weighted by Gasteiger charge is -2.19. The number of methoxy groups -OCH3 is 1. The lowest BCUT2D eigenvalue weighted by Crippen LogP contribution is -2.27. The zero-order chi connectivity index (χ0) is 21.6. The molecule has 0 saturated carbocycles. The molecule has 2 heterocycles. The summed E-state index contributed by atoms with van der Waals surface area (Å²) >= 11 is 0. The molecular formula is C21H24N6O3. The Morgan fingerprint density at radius 3 is 2.47 bits per heavy atom. The summed E-state index contributed by atoms with van der Waals surface area (Å²) in [5.41, 5.74) is 1.52. The number of benzene rings is 1. The van der Waals surface area contributed by atoms with E-state index in [9.17, 15) is 4.79 Å². The number of pyridine rings is 1. The van der Waals surface area contributed by atoms with Crippen molar-refractivity contribution in [2.45, 2.75) is 26.4 Å². The van der Waals surface area contributed by atoms with Gasteiger partial charge >= 0.3 is 6.09 Å². The monoisotopic (exact) mass is 408 g/mol. The summed E-state index contributed by atoms with van der Waals surface area (Å²) in [7, 11) is 1.56. The van der Waals surface area contributed by atoms with Crippen molar-refractivity contribution < 1.29 is 14.3 Å². The number of carbonyl (C=O) groups is 1. The Balaban J connectivity index is 1.66. The van der Waals surface area contributed by atoms with Crippen LogP contribution in [0.4, 0.5) is 33.6 Å². The zero-order valence-electron chi connectivity index (χ0n) is 17.3. The molecule has 3 aromatic rings. The summed E-state index contributed by atoms with van der Waals surface area (Å²) in [5, 5.41) is 8.99. The lowest BCUT2D eigenvalue weighted by atomic mass is 10.2. The van der Waals surface area contributed by atoms with Gasteiger partial charge in [0.15, 0.2) is 0 Å². The topological polar surface area (TPSA) is 110 Å². The summed E-state index contributed by atoms with van der Waals surface area (Å²) in [4.78, 5) is 24.8. The maximum atomic E-state index is 12.0. The van der Waals surface area contributed by atoms with Crippen molar-refractivity contribution in [2.24, 2.45) is 0 Å². The summed E-state index contributed by atoms with van der Waals surface area (Å²) in [6.45, 7) is 5.44. The zero-order valence-corrected chi connectivity index (χ0v) is 17.3. The van der Waals surface area contributed by atoms with Crippen LogP contribution >= 0.6 is 0 Å². The van der Waals surface area contributed by atoms with Crippen molar-refractivity contribution in [3.05, 3.63) is 54.9 Å². The fraction of sp³-hybridized carbons (Fsp3) is 0.238. The maximum absolute atomic E-state index is 12.0. The molecule has 0 aliphatic carbocycles. The van der Waals surface area contributed by atoms with Crippen LogP contribution in [-0.2, 0) is 4.74 Å². The first-order valence-electron chi connectivity index (χ1n) is 9.28. The SMILES string of the molecule is COc1ccc(Nc2nccc(Nc3cccc(NC(=O)OC(C)(C)C)c3)n2)cn1. The maximum Gasteiger partial charge on any atom is 0.412 e. The van der Waals surface area contributed by atoms with Gasteiger partial charge in [0.2, 0.25) is 11.8 Å². The van der Waals surface area contributed by atoms with Gasteiger partial charge in [-0.2, -0.15) is 4.98 Å². The molecule has 0 bridgehead atoms. The van der Waals surface area contributed by atoms with Crippen molar-refractivity contribution in [3.63, 3.8) is 0 Å². The van der Waals surface area contributed by atoms with Crippen LogP contribution in [0.3, 0.4) is 0 Å². The standard InChI is InChI=1S/C21H24N6O3/c1-21(2,3)30-20(28)26-15-7-5-6-14(12-15)24-17-10-11-22-19(27-17)25-16-8-9-18(29-4)23-13-16/h5-13H,1-4H3,(H,26,28)(H2,22,24,25,27). The normalized spacial score (nSPS) is 10.8. The summed E-state index contributed by atoms with van der Waals surface area (Å²) in [6, 6.07) is 12.5. The van der Waals surface area contributed by atoms with E-state index >= 15 is 0 Å². The molecule has 1 amide bonds. The van der Waals surface area contributed by atoms with Gasteiger partial charge in [-0.05, 0) is 51.1 Å². The molecule has 9 heteroatoms. The van der Waals surface area contributed by atoms with Crippen molar-refractivity contribution in [2.75, 3.05) is 23.1 Å². The van der Waals surface area contributed by atoms with Crippen LogP contribution in [0.1, 0.15) is 20.8 Å². The van der Waals surface area contributed by atoms with Gasteiger partial charge in [-0.25, -0.2) is 14.8 Å². The molecule has 1 aromatic carbocycles. The van der Waals surface area contributed by atoms with Gasteiger partial charge < -0.3 is 20.1 Å². The number of aromatic nitrogens is 3. The summed E-state index contributed by atoms with van der Waals surface area (Å²) in [6.07, 6.45) is 2.76. The van der Waals surface area contributed by atoms with Gasteiger partial charge in [0, 0.05) is 23.6 Å². The minimum Gasteiger partial charge on any atom is -0.481 e. The molecule has 9 nitrogen and oxygen atoms in total. The summed E-state index contributed by atoms with van der Waals surface area (Å²) in [5.74, 6) is 1.52. The van der Waals surface area contributed by atoms with Crippen molar-refractivity contribution in [1.29, 1.82) is 0 Å². The molecule has 0 atom stereocenters. The highest BCUT2D eigenvalue weighted by molar-refractivity contribution is 5.85. The third kappa shape index (κ3) is 6.33. The molecule has 0 radical (unpaired) electrons. The second-order valence-corrected chi connectivity index (χ2v) is 7.31. The van der Waals surface area contributed by atoms with Gasteiger partial charge in [0.05, 0.1) is 19.0 Å². The Morgan fingerprint density at radius 2 is 1.77 bits per heavy atom. The van der Waals surface area contributed by atoms with Gasteiger partial charge in [0.1, 0.15) is 11.4 Å². The first kappa shape index (κ1) is 20.8. The summed E-state index contributed by atoms with van der Waals surface area (Å²) < 4.78 is 10.3. The van der Waals surface area contributed by atoms with Crippen molar-refractivity contribution >= 4 is 34.9 Å². The van der Waals surface area contributed by atoms with Crippen LogP contribution in [0.25, 0.3) is 0 Å². The quantitative estimate of drug-likeness (QED) is 0.538. The van der Waals surface area contributed by atoms with Gasteiger partial charge in [-0.1, -0.05) is 6.07 Å². The third-order valence-corrected chi connectivity index (χ3v) is 3.64. The number of ether oxygens (including phenoxy) is 2. The second-order valence-electron chi connectivity index (χ2n) is 7.31. The molecule has 0 aliphatic rings. The minimum absolute atomic E-state index is 0.412. The number of rotatable bonds is 6. The number of hydrogen-bond acceptors (Lipinski definition) is 8. The van der Waals surface area contributed by atoms with E-state index in [2.05, 4.69) is 30.9 Å². The number of nitrogens with one attached hydrogen (secondary N) is 3. The predicted molar refractivity (Wildman–Crippen MR) is 116 cm³/mol. The number of carbonyl (C=O) groups excluding carboxylic acids is 1. The predicted octanol–water partition coefficient (Wildman–Crippen LogP) is 4.71. The molecule has 2 aromatic heterocycles. The fourth-order valence-electron chi connectivity index (χ4n) is 2.44. The van der Waals surface area contributed by atoms with E-state index in [1.165, 1.54) is 0 Å². The van der Waals surface area contributed by atoms with Gasteiger partial charge in [-0.15, -0.1) is 0 Å². The van der Waals surface area contributed by atoms with Gasteiger partial charge in [0.25, 0.3) is 0 Å². The molecule has 0 aliphatic heterocycles. The first-order chi connectivity index (χ1) is 14.3. The van der Waals surface area contributed by atoms with E-state index in [1.54, 1.807) is 43.8 Å². The molecule has 0 saturated heterocycles.